The number of carboxylic acid groups (broad SMARTS) is 2. The number of fused-ring (bicyclic) bond motifs is 6. The third-order valence-electron chi connectivity index (χ3n) is 11.6. The highest BCUT2D eigenvalue weighted by molar-refractivity contribution is 6.11. The fourth-order valence-electron chi connectivity index (χ4n) is 8.54. The molecular weight excluding hydrogens is 839 g/mol. The van der Waals surface area contributed by atoms with E-state index in [1.807, 2.05) is 115 Å². The Hall–Kier alpha value is -7.67. The molecule has 0 fully saturated rings. The highest BCUT2D eigenvalue weighted by atomic mass is 16.5. The largest absolute Gasteiger partial charge is 0.497 e. The van der Waals surface area contributed by atoms with Crippen LogP contribution in [-0.2, 0) is 14.4 Å². The number of carbonyl (C=O) groups is 3. The number of hydrogen-bond donors (Lipinski definition) is 3. The molecule has 13 nitrogen and oxygen atoms in total. The minimum absolute atomic E-state index is 0.131. The van der Waals surface area contributed by atoms with Crippen molar-refractivity contribution in [2.45, 2.75) is 57.5 Å². The number of nitrogens with one attached hydrogen (secondary N) is 1. The molecular formula is C53H53N3O10. The van der Waals surface area contributed by atoms with Crippen molar-refractivity contribution in [3.63, 3.8) is 0 Å². The molecule has 0 saturated heterocycles. The van der Waals surface area contributed by atoms with Gasteiger partial charge in [-0.15, -0.1) is 0 Å². The number of aromatic nitrogens is 2. The summed E-state index contributed by atoms with van der Waals surface area (Å²) in [5.74, 6) is 0.650. The Balaban J connectivity index is 0.998. The fraction of sp³-hybridized carbons (Fsp3) is 0.264. The maximum atomic E-state index is 13.8. The minimum atomic E-state index is -1.58. The number of nitrogens with zero attached hydrogens (tertiary/aromatic N) is 2. The van der Waals surface area contributed by atoms with E-state index in [-0.39, 0.29) is 5.91 Å². The second-order valence-corrected chi connectivity index (χ2v) is 16.1. The lowest BCUT2D eigenvalue weighted by molar-refractivity contribution is -0.151. The lowest BCUT2D eigenvalue weighted by Crippen LogP contribution is -2.34. The van der Waals surface area contributed by atoms with Crippen molar-refractivity contribution in [2.24, 2.45) is 0 Å². The third-order valence-corrected chi connectivity index (χ3v) is 11.6. The molecule has 340 valence electrons. The lowest BCUT2D eigenvalue weighted by Gasteiger charge is -2.26. The molecule has 2 unspecified atom stereocenters. The van der Waals surface area contributed by atoms with Crippen LogP contribution >= 0.6 is 0 Å². The number of ether oxygens (including phenoxy) is 5. The van der Waals surface area contributed by atoms with Crippen molar-refractivity contribution in [3.8, 4) is 28.7 Å². The summed E-state index contributed by atoms with van der Waals surface area (Å²) in [6.45, 7) is 3.41. The maximum Gasteiger partial charge on any atom is 0.329 e. The normalized spacial score (nSPS) is 12.3. The van der Waals surface area contributed by atoms with Gasteiger partial charge < -0.3 is 48.3 Å². The van der Waals surface area contributed by atoms with Crippen LogP contribution in [0.4, 0.5) is 5.69 Å². The van der Waals surface area contributed by atoms with E-state index >= 15 is 0 Å². The molecule has 13 heteroatoms. The monoisotopic (exact) mass is 891 g/mol. The zero-order chi connectivity index (χ0) is 46.0. The van der Waals surface area contributed by atoms with E-state index in [1.165, 1.54) is 6.92 Å². The number of amides is 1. The van der Waals surface area contributed by atoms with E-state index in [4.69, 9.17) is 23.7 Å². The van der Waals surface area contributed by atoms with Crippen LogP contribution < -0.4 is 29.0 Å². The Kier molecular flexibility index (Phi) is 14.2. The number of carbonyl (C=O) groups excluding carboxylic acids is 1. The second-order valence-electron chi connectivity index (χ2n) is 16.1. The molecule has 0 aliphatic heterocycles. The van der Waals surface area contributed by atoms with E-state index in [2.05, 4.69) is 5.32 Å². The average Bonchev–Trinajstić information content (AvgIpc) is 3.82. The Morgan fingerprint density at radius 1 is 0.470 bits per heavy atom. The number of methoxy groups -OCH3 is 1. The van der Waals surface area contributed by atoms with Crippen molar-refractivity contribution in [1.82, 2.24) is 9.13 Å². The Labute approximate surface area is 382 Å². The Bertz CT molecular complexity index is 2960. The molecule has 8 aromatic rings. The van der Waals surface area contributed by atoms with Crippen LogP contribution in [0.25, 0.3) is 43.6 Å². The summed E-state index contributed by atoms with van der Waals surface area (Å²) in [5, 5.41) is 28.3. The molecule has 0 aliphatic carbocycles. The van der Waals surface area contributed by atoms with E-state index < -0.39 is 24.0 Å². The van der Waals surface area contributed by atoms with Crippen LogP contribution in [0.2, 0.25) is 0 Å². The summed E-state index contributed by atoms with van der Waals surface area (Å²) in [7, 11) is 1.63. The summed E-state index contributed by atoms with van der Waals surface area (Å²) in [5.41, 5.74) is 2.99. The zero-order valence-electron chi connectivity index (χ0n) is 37.0. The lowest BCUT2D eigenvalue weighted by atomic mass is 10.1. The molecule has 0 bridgehead atoms. The highest BCUT2D eigenvalue weighted by Crippen LogP contribution is 2.42. The van der Waals surface area contributed by atoms with Crippen LogP contribution in [0.3, 0.4) is 0 Å². The van der Waals surface area contributed by atoms with Crippen LogP contribution in [0.1, 0.15) is 57.5 Å². The molecule has 3 N–H and O–H groups in total. The molecule has 1 amide bonds. The van der Waals surface area contributed by atoms with Gasteiger partial charge in [-0.1, -0.05) is 36.4 Å². The molecule has 2 aromatic heterocycles. The third kappa shape index (κ3) is 10.2. The van der Waals surface area contributed by atoms with Gasteiger partial charge in [0.25, 0.3) is 0 Å². The maximum absolute atomic E-state index is 13.8. The van der Waals surface area contributed by atoms with Gasteiger partial charge in [0.05, 0.1) is 55.6 Å². The summed E-state index contributed by atoms with van der Waals surface area (Å²) >= 11 is 0. The molecule has 2 atom stereocenters. The quantitative estimate of drug-likeness (QED) is 0.0528. The average molecular weight is 892 g/mol. The first-order chi connectivity index (χ1) is 32.2. The molecule has 2 heterocycles. The van der Waals surface area contributed by atoms with Gasteiger partial charge in [0.15, 0.2) is 12.1 Å². The Morgan fingerprint density at radius 2 is 0.833 bits per heavy atom. The SMILES string of the molecule is COc1ccc(OCCCCCOc2ccc3c4ccccc4n(C(C(=O)O)C(C(=O)O)n4c5ccccc5c5ccc(OCCCCCOc6ccc(NC(C)=O)cc6)cc54)c3c2)cc1. The standard InChI is InChI=1S/C53H53N3O10/c1-35(57)54-36-17-19-38(20-18-36)63-29-9-3-11-31-65-40-25-27-44-42-13-5-7-15-46(42)55(48(44)33-40)50(52(58)59)51(53(60)61)56-47-16-8-6-14-43(47)45-28-26-41(34-49(45)56)66-32-12-4-10-30-64-39-23-21-37(62-2)22-24-39/h5-8,13-28,33-34,50-51H,3-4,9-12,29-32H2,1-2H3,(H,54,57)(H,58,59)(H,60,61). The van der Waals surface area contributed by atoms with Crippen molar-refractivity contribution < 1.29 is 48.3 Å². The van der Waals surface area contributed by atoms with Gasteiger partial charge in [-0.3, -0.25) is 4.79 Å². The van der Waals surface area contributed by atoms with Crippen LogP contribution in [-0.4, -0.2) is 70.7 Å². The van der Waals surface area contributed by atoms with E-state index in [9.17, 15) is 24.6 Å². The number of rotatable bonds is 23. The topological polar surface area (TPSA) is 160 Å². The van der Waals surface area contributed by atoms with Gasteiger partial charge in [0, 0.05) is 46.3 Å². The summed E-state index contributed by atoms with van der Waals surface area (Å²) in [6.07, 6.45) is 4.90. The number of unbranched alkanes of at least 4 members (excludes halogenated alkanes) is 4. The van der Waals surface area contributed by atoms with Crippen molar-refractivity contribution in [1.29, 1.82) is 0 Å². The Morgan fingerprint density at radius 3 is 1.24 bits per heavy atom. The fourth-order valence-corrected chi connectivity index (χ4v) is 8.54. The van der Waals surface area contributed by atoms with Gasteiger partial charge >= 0.3 is 11.9 Å². The molecule has 8 rings (SSSR count). The highest BCUT2D eigenvalue weighted by Gasteiger charge is 2.40. The zero-order valence-corrected chi connectivity index (χ0v) is 37.0. The second kappa shape index (κ2) is 20.9. The molecule has 66 heavy (non-hydrogen) atoms. The summed E-state index contributed by atoms with van der Waals surface area (Å²) in [6, 6.07) is 37.6. The molecule has 6 aromatic carbocycles. The van der Waals surface area contributed by atoms with Gasteiger partial charge in [-0.05, 0) is 123 Å². The van der Waals surface area contributed by atoms with Crippen LogP contribution in [0.5, 0.6) is 28.7 Å². The number of aliphatic carboxylic acids is 2. The van der Waals surface area contributed by atoms with Gasteiger partial charge in [-0.25, -0.2) is 9.59 Å². The van der Waals surface area contributed by atoms with Gasteiger partial charge in [0.1, 0.15) is 28.7 Å². The summed E-state index contributed by atoms with van der Waals surface area (Å²) < 4.78 is 32.7. The van der Waals surface area contributed by atoms with Crippen LogP contribution in [0, 0.1) is 0 Å². The number of para-hydroxylation sites is 2. The first kappa shape index (κ1) is 44.9. The van der Waals surface area contributed by atoms with Crippen molar-refractivity contribution in [3.05, 3.63) is 133 Å². The first-order valence-corrected chi connectivity index (χ1v) is 22.2. The number of carboxylic acids is 2. The van der Waals surface area contributed by atoms with Gasteiger partial charge in [-0.2, -0.15) is 0 Å². The molecule has 0 spiro atoms. The first-order valence-electron chi connectivity index (χ1n) is 22.2. The van der Waals surface area contributed by atoms with E-state index in [0.29, 0.717) is 65.7 Å². The smallest absolute Gasteiger partial charge is 0.329 e. The predicted molar refractivity (Wildman–Crippen MR) is 256 cm³/mol. The number of benzene rings is 6. The molecule has 0 radical (unpaired) electrons. The van der Waals surface area contributed by atoms with Crippen LogP contribution in [0.15, 0.2) is 133 Å². The number of anilines is 1. The predicted octanol–water partition coefficient (Wildman–Crippen LogP) is 11.1. The van der Waals surface area contributed by atoms with Gasteiger partial charge in [0.2, 0.25) is 5.91 Å². The minimum Gasteiger partial charge on any atom is -0.497 e. The van der Waals surface area contributed by atoms with E-state index in [0.717, 1.165) is 77.3 Å². The van der Waals surface area contributed by atoms with Crippen molar-refractivity contribution in [2.75, 3.05) is 38.9 Å². The van der Waals surface area contributed by atoms with E-state index in [1.54, 1.807) is 34.4 Å². The van der Waals surface area contributed by atoms with Crippen molar-refractivity contribution >= 4 is 67.1 Å². The summed E-state index contributed by atoms with van der Waals surface area (Å²) in [4.78, 5) is 38.8. The number of hydrogen-bond acceptors (Lipinski definition) is 8. The molecule has 0 saturated carbocycles. The molecule has 0 aliphatic rings.